The van der Waals surface area contributed by atoms with Gasteiger partial charge in [0.1, 0.15) is 0 Å². The summed E-state index contributed by atoms with van der Waals surface area (Å²) in [6, 6.07) is 9.50. The lowest BCUT2D eigenvalue weighted by atomic mass is 10.0. The third kappa shape index (κ3) is 6.89. The van der Waals surface area contributed by atoms with Gasteiger partial charge in [0, 0.05) is 44.8 Å². The second-order valence-electron chi connectivity index (χ2n) is 7.56. The van der Waals surface area contributed by atoms with Crippen LogP contribution in [-0.4, -0.2) is 67.6 Å². The number of benzene rings is 1. The smallest absolute Gasteiger partial charge is 0.234 e. The summed E-state index contributed by atoms with van der Waals surface area (Å²) in [5.74, 6) is 0.178. The lowest BCUT2D eigenvalue weighted by Crippen LogP contribution is -2.51. The van der Waals surface area contributed by atoms with Crippen LogP contribution in [0.25, 0.3) is 0 Å². The summed E-state index contributed by atoms with van der Waals surface area (Å²) in [5.41, 5.74) is 2.67. The van der Waals surface area contributed by atoms with Crippen LogP contribution in [0.3, 0.4) is 0 Å². The minimum atomic E-state index is 0. The van der Waals surface area contributed by atoms with Gasteiger partial charge in [-0.1, -0.05) is 38.1 Å². The van der Waals surface area contributed by atoms with Gasteiger partial charge in [-0.25, -0.2) is 0 Å². The molecule has 1 amide bonds. The maximum absolute atomic E-state index is 12.6. The van der Waals surface area contributed by atoms with E-state index in [4.69, 9.17) is 0 Å². The first-order chi connectivity index (χ1) is 12.7. The number of piperidine rings is 1. The lowest BCUT2D eigenvalue weighted by molar-refractivity contribution is -0.124. The highest BCUT2D eigenvalue weighted by Crippen LogP contribution is 2.22. The normalized spacial score (nSPS) is 21.4. The van der Waals surface area contributed by atoms with E-state index >= 15 is 0 Å². The molecule has 2 saturated heterocycles. The van der Waals surface area contributed by atoms with Gasteiger partial charge in [-0.3, -0.25) is 9.69 Å². The minimum absolute atomic E-state index is 0. The number of amides is 1. The van der Waals surface area contributed by atoms with Crippen molar-refractivity contribution in [3.63, 3.8) is 0 Å². The fraction of sp³-hybridized carbons (Fsp3) is 0.667. The standard InChI is InChI=1S/C21H34N4O.2ClH/c1-3-17-5-7-18(8-6-17)20-15-22-11-14-25(20)16-21(26)23-19-9-12-24(4-2)13-10-19;;/h5-8,19-20,22H,3-4,9-16H2,1-2H3,(H,23,26);2*1H. The number of aryl methyl sites for hydroxylation is 1. The highest BCUT2D eigenvalue weighted by Gasteiger charge is 2.27. The average molecular weight is 431 g/mol. The molecular weight excluding hydrogens is 395 g/mol. The summed E-state index contributed by atoms with van der Waals surface area (Å²) in [6.07, 6.45) is 3.21. The number of likely N-dealkylation sites (tertiary alicyclic amines) is 1. The quantitative estimate of drug-likeness (QED) is 0.727. The third-order valence-electron chi connectivity index (χ3n) is 5.87. The molecule has 1 aromatic rings. The number of carbonyl (C=O) groups is 1. The highest BCUT2D eigenvalue weighted by molar-refractivity contribution is 5.85. The molecule has 0 bridgehead atoms. The van der Waals surface area contributed by atoms with E-state index < -0.39 is 0 Å². The molecule has 1 atom stereocenters. The topological polar surface area (TPSA) is 47.6 Å². The van der Waals surface area contributed by atoms with Crippen LogP contribution in [0.5, 0.6) is 0 Å². The van der Waals surface area contributed by atoms with Crippen molar-refractivity contribution in [3.8, 4) is 0 Å². The molecule has 0 aromatic heterocycles. The molecule has 160 valence electrons. The van der Waals surface area contributed by atoms with E-state index in [-0.39, 0.29) is 36.8 Å². The molecule has 2 fully saturated rings. The van der Waals surface area contributed by atoms with E-state index in [2.05, 4.69) is 58.5 Å². The Hall–Kier alpha value is -0.850. The predicted molar refractivity (Wildman–Crippen MR) is 121 cm³/mol. The van der Waals surface area contributed by atoms with Crippen LogP contribution in [0.15, 0.2) is 24.3 Å². The first kappa shape index (κ1) is 25.2. The van der Waals surface area contributed by atoms with E-state index in [9.17, 15) is 4.79 Å². The van der Waals surface area contributed by atoms with Gasteiger partial charge >= 0.3 is 0 Å². The summed E-state index contributed by atoms with van der Waals surface area (Å²) in [7, 11) is 0. The first-order valence-corrected chi connectivity index (χ1v) is 10.2. The molecule has 5 nitrogen and oxygen atoms in total. The van der Waals surface area contributed by atoms with Crippen molar-refractivity contribution in [2.45, 2.75) is 45.2 Å². The summed E-state index contributed by atoms with van der Waals surface area (Å²) in [4.78, 5) is 17.4. The first-order valence-electron chi connectivity index (χ1n) is 10.2. The van der Waals surface area contributed by atoms with Gasteiger partial charge in [0.15, 0.2) is 0 Å². The van der Waals surface area contributed by atoms with Crippen molar-refractivity contribution in [2.75, 3.05) is 45.8 Å². The molecule has 1 unspecified atom stereocenters. The Kier molecular flexibility index (Phi) is 11.4. The van der Waals surface area contributed by atoms with Crippen molar-refractivity contribution in [1.29, 1.82) is 0 Å². The van der Waals surface area contributed by atoms with Crippen molar-refractivity contribution in [3.05, 3.63) is 35.4 Å². The van der Waals surface area contributed by atoms with E-state index in [0.29, 0.717) is 12.6 Å². The lowest BCUT2D eigenvalue weighted by Gasteiger charge is -2.37. The van der Waals surface area contributed by atoms with Crippen LogP contribution in [0, 0.1) is 0 Å². The van der Waals surface area contributed by atoms with Gasteiger partial charge in [-0.2, -0.15) is 0 Å². The molecule has 0 aliphatic carbocycles. The van der Waals surface area contributed by atoms with Gasteiger partial charge in [-0.15, -0.1) is 24.8 Å². The monoisotopic (exact) mass is 430 g/mol. The van der Waals surface area contributed by atoms with Crippen molar-refractivity contribution >= 4 is 30.7 Å². The van der Waals surface area contributed by atoms with E-state index in [1.165, 1.54) is 11.1 Å². The molecule has 7 heteroatoms. The minimum Gasteiger partial charge on any atom is -0.352 e. The molecule has 2 N–H and O–H groups in total. The number of rotatable bonds is 6. The van der Waals surface area contributed by atoms with Crippen LogP contribution in [-0.2, 0) is 11.2 Å². The van der Waals surface area contributed by atoms with Gasteiger partial charge in [0.05, 0.1) is 6.54 Å². The molecule has 2 heterocycles. The number of hydrogen-bond donors (Lipinski definition) is 2. The van der Waals surface area contributed by atoms with E-state index in [1.807, 2.05) is 0 Å². The molecule has 0 radical (unpaired) electrons. The van der Waals surface area contributed by atoms with Crippen LogP contribution in [0.4, 0.5) is 0 Å². The van der Waals surface area contributed by atoms with Crippen molar-refractivity contribution in [2.24, 2.45) is 0 Å². The zero-order chi connectivity index (χ0) is 18.4. The second-order valence-corrected chi connectivity index (χ2v) is 7.56. The highest BCUT2D eigenvalue weighted by atomic mass is 35.5. The SMILES string of the molecule is CCc1ccc(C2CNCCN2CC(=O)NC2CCN(CC)CC2)cc1.Cl.Cl. The van der Waals surface area contributed by atoms with Crippen molar-refractivity contribution < 1.29 is 4.79 Å². The summed E-state index contributed by atoms with van der Waals surface area (Å²) in [5, 5.41) is 6.75. The van der Waals surface area contributed by atoms with Crippen LogP contribution < -0.4 is 10.6 Å². The molecule has 0 spiro atoms. The fourth-order valence-corrected chi connectivity index (χ4v) is 4.09. The number of nitrogens with one attached hydrogen (secondary N) is 2. The maximum Gasteiger partial charge on any atom is 0.234 e. The van der Waals surface area contributed by atoms with Crippen LogP contribution in [0.2, 0.25) is 0 Å². The largest absolute Gasteiger partial charge is 0.352 e. The zero-order valence-electron chi connectivity index (χ0n) is 17.2. The molecule has 2 aliphatic heterocycles. The third-order valence-corrected chi connectivity index (χ3v) is 5.87. The summed E-state index contributed by atoms with van der Waals surface area (Å²) < 4.78 is 0. The maximum atomic E-state index is 12.6. The van der Waals surface area contributed by atoms with Gasteiger partial charge in [0.2, 0.25) is 5.91 Å². The molecule has 2 aliphatic rings. The number of piperazine rings is 1. The van der Waals surface area contributed by atoms with E-state index in [0.717, 1.165) is 58.5 Å². The molecule has 3 rings (SSSR count). The Balaban J connectivity index is 0.00000196. The molecule has 28 heavy (non-hydrogen) atoms. The van der Waals surface area contributed by atoms with Gasteiger partial charge < -0.3 is 15.5 Å². The molecule has 0 saturated carbocycles. The van der Waals surface area contributed by atoms with Crippen molar-refractivity contribution in [1.82, 2.24) is 20.4 Å². The Labute approximate surface area is 182 Å². The summed E-state index contributed by atoms with van der Waals surface area (Å²) >= 11 is 0. The van der Waals surface area contributed by atoms with Crippen LogP contribution >= 0.6 is 24.8 Å². The second kappa shape index (κ2) is 12.7. The number of carbonyl (C=O) groups excluding carboxylic acids is 1. The fourth-order valence-electron chi connectivity index (χ4n) is 4.09. The summed E-state index contributed by atoms with van der Waals surface area (Å²) in [6.45, 7) is 11.0. The average Bonchev–Trinajstić information content (AvgIpc) is 2.69. The van der Waals surface area contributed by atoms with Gasteiger partial charge in [0.25, 0.3) is 0 Å². The molecular formula is C21H36Cl2N4O. The van der Waals surface area contributed by atoms with Gasteiger partial charge in [-0.05, 0) is 36.9 Å². The number of halogens is 2. The number of nitrogens with zero attached hydrogens (tertiary/aromatic N) is 2. The predicted octanol–water partition coefficient (Wildman–Crippen LogP) is 2.64. The number of hydrogen-bond acceptors (Lipinski definition) is 4. The van der Waals surface area contributed by atoms with E-state index in [1.54, 1.807) is 0 Å². The Bertz CT molecular complexity index is 576. The molecule has 1 aromatic carbocycles. The Morgan fingerprint density at radius 3 is 2.39 bits per heavy atom. The van der Waals surface area contributed by atoms with Crippen LogP contribution in [0.1, 0.15) is 43.9 Å². The Morgan fingerprint density at radius 2 is 1.79 bits per heavy atom. The zero-order valence-corrected chi connectivity index (χ0v) is 18.8. The Morgan fingerprint density at radius 1 is 1.11 bits per heavy atom.